The van der Waals surface area contributed by atoms with Crippen LogP contribution in [0, 0.1) is 23.2 Å². The van der Waals surface area contributed by atoms with Gasteiger partial charge in [0, 0.05) is 36.8 Å². The summed E-state index contributed by atoms with van der Waals surface area (Å²) in [6, 6.07) is 15.3. The van der Waals surface area contributed by atoms with Gasteiger partial charge < -0.3 is 24.8 Å². The molecule has 11 nitrogen and oxygen atoms in total. The number of oxime groups is 1. The van der Waals surface area contributed by atoms with Crippen LogP contribution in [0.3, 0.4) is 0 Å². The molecule has 5 aliphatic rings. The average molecular weight is 695 g/mol. The van der Waals surface area contributed by atoms with Crippen LogP contribution in [-0.4, -0.2) is 69.2 Å². The number of carbonyl (C=O) groups is 2. The number of benzene rings is 1. The molecular formula is C39H51BN6O5. The number of carbonyl (C=O) groups excluding carboxylic acids is 2. The first kappa shape index (κ1) is 35.4. The Morgan fingerprint density at radius 3 is 2.53 bits per heavy atom. The van der Waals surface area contributed by atoms with E-state index in [-0.39, 0.29) is 59.8 Å². The fraction of sp³-hybridized carbons (Fsp3) is 0.564. The molecule has 0 spiro atoms. The Morgan fingerprint density at radius 1 is 1.06 bits per heavy atom. The van der Waals surface area contributed by atoms with E-state index in [0.717, 1.165) is 24.0 Å². The summed E-state index contributed by atoms with van der Waals surface area (Å²) < 4.78 is 15.2. The molecule has 2 N–H and O–H groups in total. The van der Waals surface area contributed by atoms with Crippen molar-refractivity contribution in [3.8, 4) is 11.3 Å². The van der Waals surface area contributed by atoms with Gasteiger partial charge >= 0.3 is 7.12 Å². The second-order valence-electron chi connectivity index (χ2n) is 16.5. The summed E-state index contributed by atoms with van der Waals surface area (Å²) >= 11 is 0. The third-order valence-corrected chi connectivity index (χ3v) is 11.8. The zero-order valence-corrected chi connectivity index (χ0v) is 30.9. The van der Waals surface area contributed by atoms with Crippen LogP contribution in [0.25, 0.3) is 11.3 Å². The van der Waals surface area contributed by atoms with Gasteiger partial charge in [-0.05, 0) is 87.0 Å². The highest BCUT2D eigenvalue weighted by molar-refractivity contribution is 6.48. The summed E-state index contributed by atoms with van der Waals surface area (Å²) in [6.07, 6.45) is 6.80. The van der Waals surface area contributed by atoms with Gasteiger partial charge in [-0.2, -0.15) is 5.10 Å². The third-order valence-electron chi connectivity index (χ3n) is 11.8. The molecule has 2 bridgehead atoms. The molecule has 3 saturated carbocycles. The molecule has 2 aromatic heterocycles. The molecule has 12 heteroatoms. The average Bonchev–Trinajstić information content (AvgIpc) is 3.83. The molecule has 4 heterocycles. The summed E-state index contributed by atoms with van der Waals surface area (Å²) in [6.45, 7) is 15.3. The van der Waals surface area contributed by atoms with Gasteiger partial charge in [0.1, 0.15) is 5.69 Å². The number of aromatic nitrogens is 3. The van der Waals surface area contributed by atoms with Crippen LogP contribution in [0.2, 0.25) is 0 Å². The molecule has 6 atom stereocenters. The monoisotopic (exact) mass is 694 g/mol. The van der Waals surface area contributed by atoms with E-state index in [4.69, 9.17) is 14.1 Å². The normalized spacial score (nSPS) is 28.1. The van der Waals surface area contributed by atoms with Gasteiger partial charge in [0.2, 0.25) is 5.60 Å². The van der Waals surface area contributed by atoms with E-state index in [1.165, 1.54) is 0 Å². The Bertz CT molecular complexity index is 1780. The van der Waals surface area contributed by atoms with E-state index >= 15 is 0 Å². The van der Waals surface area contributed by atoms with Crippen LogP contribution in [-0.2, 0) is 25.4 Å². The van der Waals surface area contributed by atoms with Gasteiger partial charge in [-0.3, -0.25) is 19.3 Å². The Labute approximate surface area is 301 Å². The highest BCUT2D eigenvalue weighted by Gasteiger charge is 2.68. The quantitative estimate of drug-likeness (QED) is 0.229. The minimum absolute atomic E-state index is 0.0119. The standard InChI is InChI=1S/C39H51BN6O5/c1-24(2)16-34(40-49-33-18-28-17-32(37(28,5)6)38(33,7)50-40)43-36(48)39(20-26-12-9-8-10-13-26)21-29(45-51-39)23-42-35(47)31-19-30(44-46(31)25(3)4)27-14-11-15-41-22-27/h8-15,19,22,24-25,28,32-34H,16-18,20-21,23H2,1-7H3,(H,42,47)(H,43,48)/t28-,32-,33+,34-,38-,39?/m0/s1. The van der Waals surface area contributed by atoms with Crippen molar-refractivity contribution in [1.29, 1.82) is 0 Å². The van der Waals surface area contributed by atoms with Crippen molar-refractivity contribution in [2.24, 2.45) is 28.3 Å². The molecule has 3 aliphatic carbocycles. The van der Waals surface area contributed by atoms with Gasteiger partial charge in [0.25, 0.3) is 11.8 Å². The van der Waals surface area contributed by atoms with E-state index < -0.39 is 12.7 Å². The second-order valence-corrected chi connectivity index (χ2v) is 16.5. The highest BCUT2D eigenvalue weighted by Crippen LogP contribution is 2.65. The molecule has 2 aliphatic heterocycles. The predicted octanol–water partition coefficient (Wildman–Crippen LogP) is 5.81. The van der Waals surface area contributed by atoms with Gasteiger partial charge in [0.15, 0.2) is 0 Å². The van der Waals surface area contributed by atoms with Crippen LogP contribution in [0.15, 0.2) is 66.1 Å². The summed E-state index contributed by atoms with van der Waals surface area (Å²) in [7, 11) is -0.557. The first-order valence-corrected chi connectivity index (χ1v) is 18.5. The van der Waals surface area contributed by atoms with E-state index in [9.17, 15) is 9.59 Å². The lowest BCUT2D eigenvalue weighted by Gasteiger charge is -2.64. The lowest BCUT2D eigenvalue weighted by Crippen LogP contribution is -2.65. The van der Waals surface area contributed by atoms with E-state index in [1.54, 1.807) is 23.1 Å². The molecule has 1 saturated heterocycles. The molecular weight excluding hydrogens is 643 g/mol. The van der Waals surface area contributed by atoms with E-state index in [0.29, 0.717) is 41.8 Å². The largest absolute Gasteiger partial charge is 0.481 e. The van der Waals surface area contributed by atoms with Crippen molar-refractivity contribution in [2.75, 3.05) is 6.54 Å². The smallest absolute Gasteiger partial charge is 0.404 e. The molecule has 1 unspecified atom stereocenters. The zero-order valence-electron chi connectivity index (χ0n) is 30.9. The molecule has 1 aromatic carbocycles. The fourth-order valence-electron chi connectivity index (χ4n) is 8.87. The van der Waals surface area contributed by atoms with Crippen molar-refractivity contribution in [3.63, 3.8) is 0 Å². The molecule has 2 amide bonds. The first-order chi connectivity index (χ1) is 24.3. The summed E-state index contributed by atoms with van der Waals surface area (Å²) in [5.41, 5.74) is 1.99. The Morgan fingerprint density at radius 2 is 1.84 bits per heavy atom. The maximum atomic E-state index is 14.5. The minimum Gasteiger partial charge on any atom is -0.404 e. The Balaban J connectivity index is 1.07. The molecule has 0 radical (unpaired) electrons. The molecule has 4 fully saturated rings. The second kappa shape index (κ2) is 13.5. The molecule has 3 aromatic rings. The summed E-state index contributed by atoms with van der Waals surface area (Å²) in [5, 5.41) is 15.4. The maximum Gasteiger partial charge on any atom is 0.481 e. The number of hydrogen-bond acceptors (Lipinski definition) is 8. The zero-order chi connectivity index (χ0) is 36.1. The highest BCUT2D eigenvalue weighted by atomic mass is 16.7. The van der Waals surface area contributed by atoms with Gasteiger partial charge in [0.05, 0.1) is 35.6 Å². The van der Waals surface area contributed by atoms with Crippen LogP contribution in [0.1, 0.15) is 96.2 Å². The van der Waals surface area contributed by atoms with Crippen molar-refractivity contribution >= 4 is 24.6 Å². The minimum atomic E-state index is -1.30. The summed E-state index contributed by atoms with van der Waals surface area (Å²) in [5.74, 6) is 0.417. The number of hydrogen-bond donors (Lipinski definition) is 2. The van der Waals surface area contributed by atoms with Crippen molar-refractivity contribution < 1.29 is 23.7 Å². The van der Waals surface area contributed by atoms with Gasteiger partial charge in [-0.1, -0.05) is 63.2 Å². The third kappa shape index (κ3) is 6.61. The number of amides is 2. The van der Waals surface area contributed by atoms with E-state index in [1.807, 2.05) is 56.3 Å². The first-order valence-electron chi connectivity index (χ1n) is 18.5. The SMILES string of the molecule is CC(C)C[C@H](NC(=O)C1(Cc2ccccc2)CC(CNC(=O)c2cc(-c3cccnc3)nn2C(C)C)=NO1)B1O[C@@H]2C[C@@H]3C[C@@H](C3(C)C)[C@]2(C)O1. The van der Waals surface area contributed by atoms with Gasteiger partial charge in [-0.25, -0.2) is 0 Å². The topological polar surface area (TPSA) is 129 Å². The Kier molecular flexibility index (Phi) is 9.37. The molecule has 8 rings (SSSR count). The van der Waals surface area contributed by atoms with Crippen LogP contribution in [0.5, 0.6) is 0 Å². The summed E-state index contributed by atoms with van der Waals surface area (Å²) in [4.78, 5) is 38.4. The maximum absolute atomic E-state index is 14.5. The van der Waals surface area contributed by atoms with E-state index in [2.05, 4.69) is 60.5 Å². The number of nitrogens with one attached hydrogen (secondary N) is 2. The van der Waals surface area contributed by atoms with Crippen molar-refractivity contribution in [3.05, 3.63) is 72.2 Å². The van der Waals surface area contributed by atoms with Crippen LogP contribution < -0.4 is 10.6 Å². The number of pyridine rings is 1. The lowest BCUT2D eigenvalue weighted by atomic mass is 9.43. The van der Waals surface area contributed by atoms with Crippen molar-refractivity contribution in [2.45, 2.75) is 110 Å². The predicted molar refractivity (Wildman–Crippen MR) is 196 cm³/mol. The molecule has 51 heavy (non-hydrogen) atoms. The van der Waals surface area contributed by atoms with Crippen LogP contribution >= 0.6 is 0 Å². The van der Waals surface area contributed by atoms with Crippen LogP contribution in [0.4, 0.5) is 0 Å². The fourth-order valence-corrected chi connectivity index (χ4v) is 8.87. The number of nitrogens with zero attached hydrogens (tertiary/aromatic N) is 4. The Hall–Kier alpha value is -4.03. The lowest BCUT2D eigenvalue weighted by molar-refractivity contribution is -0.199. The molecule has 270 valence electrons. The number of rotatable bonds is 12. The van der Waals surface area contributed by atoms with Gasteiger partial charge in [-0.15, -0.1) is 0 Å². The van der Waals surface area contributed by atoms with Crippen molar-refractivity contribution in [1.82, 2.24) is 25.4 Å².